The zero-order valence-electron chi connectivity index (χ0n) is 34.0. The van der Waals surface area contributed by atoms with Crippen molar-refractivity contribution in [3.05, 3.63) is 175 Å². The molecule has 0 radical (unpaired) electrons. The average Bonchev–Trinajstić information content (AvgIpc) is 3.24. The minimum absolute atomic E-state index is 0.172. The highest BCUT2D eigenvalue weighted by atomic mass is 19.3. The van der Waals surface area contributed by atoms with E-state index in [4.69, 9.17) is 0 Å². The van der Waals surface area contributed by atoms with Crippen molar-refractivity contribution in [2.24, 2.45) is 0 Å². The van der Waals surface area contributed by atoms with Gasteiger partial charge in [0.25, 0.3) is 0 Å². The molecule has 3 aliphatic rings. The first kappa shape index (κ1) is 42.3. The van der Waals surface area contributed by atoms with Crippen molar-refractivity contribution in [3.63, 3.8) is 0 Å². The molecule has 13 nitrogen and oxygen atoms in total. The number of nitrogens with zero attached hydrogens (tertiary/aromatic N) is 6. The molecule has 3 aromatic heterocycles. The first-order valence-corrected chi connectivity index (χ1v) is 19.9. The largest absolute Gasteiger partial charge is 0.503 e. The monoisotopic (exact) mass is 834 g/mol. The van der Waals surface area contributed by atoms with Crippen molar-refractivity contribution in [3.8, 4) is 17.2 Å². The van der Waals surface area contributed by atoms with Crippen LogP contribution < -0.4 is 31.0 Å². The number of para-hydroxylation sites is 1. The number of ether oxygens (including phenoxy) is 1. The van der Waals surface area contributed by atoms with Crippen LogP contribution in [0.5, 0.6) is 17.2 Å². The predicted octanol–water partition coefficient (Wildman–Crippen LogP) is 6.16. The summed E-state index contributed by atoms with van der Waals surface area (Å²) in [6.07, 6.45) is 1.34. The second-order valence-corrected chi connectivity index (χ2v) is 15.3. The summed E-state index contributed by atoms with van der Waals surface area (Å²) in [6, 6.07) is 30.2. The Balaban J connectivity index is 0.000000140. The summed E-state index contributed by atoms with van der Waals surface area (Å²) in [5, 5.41) is 28.4. The Kier molecular flexibility index (Phi) is 12.6. The number of halogens is 2. The number of hydrogen-bond donors (Lipinski definition) is 3. The molecule has 3 N–H and O–H groups in total. The summed E-state index contributed by atoms with van der Waals surface area (Å²) in [7, 11) is 0. The molecular formula is C46H48F2N6O7. The number of aromatic hydroxyl groups is 3. The normalized spacial score (nSPS) is 14.4. The minimum atomic E-state index is -3.16. The molecular weight excluding hydrogens is 787 g/mol. The van der Waals surface area contributed by atoms with Crippen LogP contribution in [0.25, 0.3) is 0 Å². The predicted molar refractivity (Wildman–Crippen MR) is 230 cm³/mol. The third-order valence-electron chi connectivity index (χ3n) is 10.7. The summed E-state index contributed by atoms with van der Waals surface area (Å²) in [6.45, 7) is 9.11. The fourth-order valence-electron chi connectivity index (χ4n) is 7.53. The minimum Gasteiger partial charge on any atom is -0.503 e. The number of fused-ring (bicyclic) bond motifs is 3. The van der Waals surface area contributed by atoms with Gasteiger partial charge in [0.1, 0.15) is 0 Å². The van der Waals surface area contributed by atoms with E-state index in [0.717, 1.165) is 54.6 Å². The maximum atomic E-state index is 12.8. The fourth-order valence-corrected chi connectivity index (χ4v) is 7.53. The molecule has 0 bridgehead atoms. The lowest BCUT2D eigenvalue weighted by atomic mass is 10.1. The molecule has 0 amide bonds. The van der Waals surface area contributed by atoms with Gasteiger partial charge in [-0.2, -0.15) is 8.78 Å². The average molecular weight is 835 g/mol. The van der Waals surface area contributed by atoms with Crippen molar-refractivity contribution in [2.75, 3.05) is 34.3 Å². The van der Waals surface area contributed by atoms with Crippen LogP contribution in [0.2, 0.25) is 0 Å². The summed E-state index contributed by atoms with van der Waals surface area (Å²) < 4.78 is 35.9. The van der Waals surface area contributed by atoms with Crippen LogP contribution in [0, 0.1) is 6.92 Å². The van der Waals surface area contributed by atoms with Gasteiger partial charge in [0.05, 0.1) is 44.8 Å². The van der Waals surface area contributed by atoms with Gasteiger partial charge < -0.3 is 48.5 Å². The van der Waals surface area contributed by atoms with Crippen molar-refractivity contribution in [1.82, 2.24) is 13.7 Å². The molecule has 0 atom stereocenters. The molecule has 3 aromatic carbocycles. The number of pyridine rings is 3. The summed E-state index contributed by atoms with van der Waals surface area (Å²) in [4.78, 5) is 41.1. The molecule has 0 aliphatic carbocycles. The first-order valence-electron chi connectivity index (χ1n) is 19.9. The third kappa shape index (κ3) is 10.7. The van der Waals surface area contributed by atoms with Crippen molar-refractivity contribution < 1.29 is 28.8 Å². The van der Waals surface area contributed by atoms with Crippen LogP contribution in [-0.4, -0.2) is 54.8 Å². The van der Waals surface area contributed by atoms with Crippen molar-refractivity contribution >= 4 is 17.1 Å². The van der Waals surface area contributed by atoms with E-state index >= 15 is 0 Å². The summed E-state index contributed by atoms with van der Waals surface area (Å²) in [5.74, 6) is -0.605. The molecule has 0 saturated heterocycles. The summed E-state index contributed by atoms with van der Waals surface area (Å²) >= 11 is 0. The Morgan fingerprint density at radius 3 is 1.39 bits per heavy atom. The molecule has 318 valence electrons. The molecule has 0 saturated carbocycles. The number of alkyl halides is 2. The molecule has 15 heteroatoms. The van der Waals surface area contributed by atoms with Crippen LogP contribution in [0.1, 0.15) is 35.1 Å². The van der Waals surface area contributed by atoms with Crippen molar-refractivity contribution in [2.45, 2.75) is 65.8 Å². The zero-order chi connectivity index (χ0) is 43.3. The second-order valence-electron chi connectivity index (χ2n) is 15.3. The van der Waals surface area contributed by atoms with Gasteiger partial charge in [-0.1, -0.05) is 42.5 Å². The number of anilines is 3. The van der Waals surface area contributed by atoms with Crippen LogP contribution in [0.15, 0.2) is 130 Å². The first-order chi connectivity index (χ1) is 29.2. The molecule has 0 fully saturated rings. The van der Waals surface area contributed by atoms with E-state index in [0.29, 0.717) is 45.2 Å². The van der Waals surface area contributed by atoms with E-state index in [-0.39, 0.29) is 34.7 Å². The van der Waals surface area contributed by atoms with Gasteiger partial charge in [0, 0.05) is 98.5 Å². The second kappa shape index (κ2) is 18.2. The van der Waals surface area contributed by atoms with Gasteiger partial charge in [-0.15, -0.1) is 0 Å². The Hall–Kier alpha value is -6.87. The smallest absolute Gasteiger partial charge is 0.353 e. The van der Waals surface area contributed by atoms with Crippen LogP contribution in [0.4, 0.5) is 25.8 Å². The van der Waals surface area contributed by atoms with Gasteiger partial charge in [-0.25, -0.2) is 0 Å². The van der Waals surface area contributed by atoms with Crippen molar-refractivity contribution in [1.29, 1.82) is 0 Å². The lowest BCUT2D eigenvalue weighted by Gasteiger charge is -2.32. The number of hydrogen-bond acceptors (Lipinski definition) is 10. The molecule has 9 rings (SSSR count). The maximum Gasteiger partial charge on any atom is 0.353 e. The van der Waals surface area contributed by atoms with Crippen LogP contribution in [-0.2, 0) is 50.6 Å². The molecule has 0 unspecified atom stereocenters. The van der Waals surface area contributed by atoms with Crippen LogP contribution >= 0.6 is 0 Å². The highest BCUT2D eigenvalue weighted by Crippen LogP contribution is 2.26. The Labute approximate surface area is 350 Å². The van der Waals surface area contributed by atoms with E-state index in [9.17, 15) is 38.5 Å². The number of rotatable bonds is 6. The highest BCUT2D eigenvalue weighted by molar-refractivity contribution is 5.51. The van der Waals surface area contributed by atoms with Gasteiger partial charge in [-0.3, -0.25) is 14.4 Å². The van der Waals surface area contributed by atoms with E-state index in [1.165, 1.54) is 48.0 Å². The van der Waals surface area contributed by atoms with Crippen LogP contribution in [0.3, 0.4) is 0 Å². The third-order valence-corrected chi connectivity index (χ3v) is 10.7. The number of benzene rings is 3. The van der Waals surface area contributed by atoms with Gasteiger partial charge in [0.2, 0.25) is 16.3 Å². The lowest BCUT2D eigenvalue weighted by Crippen LogP contribution is -2.35. The Morgan fingerprint density at radius 2 is 0.951 bits per heavy atom. The quantitative estimate of drug-likeness (QED) is 0.179. The van der Waals surface area contributed by atoms with E-state index in [2.05, 4.69) is 56.7 Å². The number of aromatic nitrogens is 3. The fraction of sp³-hybridized carbons (Fsp3) is 0.283. The lowest BCUT2D eigenvalue weighted by molar-refractivity contribution is -0.231. The van der Waals surface area contributed by atoms with E-state index < -0.39 is 11.5 Å². The highest BCUT2D eigenvalue weighted by Gasteiger charge is 2.23. The molecule has 3 aliphatic heterocycles. The standard InChI is InChI=1S/C17H18F2N2O3.C15H16N2O2.C14H14N2O2/c1-17(18,19)24-11-12-3-2-4-13(7-12)20-5-6-21-10-16(23)15(22)8-14(21)9-20;1-11-3-2-4-12(7-11)16-5-6-17-10-15(19)14(18)8-13(17)9-16;17-13-8-12-9-15(11-4-2-1-3-5-11)6-7-16(12)10-14(13)18/h2-4,7-8,10,23H,5-6,9,11H2,1H3;2-4,7-8,10,19H,5-6,9H2,1H3;1-5,8,10,18H,6-7,9H2. The topological polar surface area (TPSA) is 146 Å². The van der Waals surface area contributed by atoms with Gasteiger partial charge >= 0.3 is 6.11 Å². The Morgan fingerprint density at radius 1 is 0.541 bits per heavy atom. The molecule has 0 spiro atoms. The molecule has 6 aromatic rings. The summed E-state index contributed by atoms with van der Waals surface area (Å²) in [5.41, 5.74) is 6.74. The number of aryl methyl sites for hydroxylation is 1. The van der Waals surface area contributed by atoms with Gasteiger partial charge in [-0.05, 0) is 54.4 Å². The van der Waals surface area contributed by atoms with E-state index in [1.807, 2.05) is 44.0 Å². The SMILES string of the molecule is CC(F)(F)OCc1cccc(N2CCn3cc(O)c(=O)cc3C2)c1.Cc1cccc(N2CCn3cc(O)c(=O)cc3C2)c1.O=c1cc2n(cc1O)CCN(c1ccccc1)C2. The Bertz CT molecular complexity index is 2680. The zero-order valence-corrected chi connectivity index (χ0v) is 34.0. The van der Waals surface area contributed by atoms with Gasteiger partial charge in [0.15, 0.2) is 17.2 Å². The maximum absolute atomic E-state index is 12.8. The van der Waals surface area contributed by atoms with E-state index in [1.54, 1.807) is 18.2 Å². The molecule has 6 heterocycles. The molecule has 61 heavy (non-hydrogen) atoms.